The molecule has 0 fully saturated rings. The van der Waals surface area contributed by atoms with Crippen LogP contribution in [0.5, 0.6) is 0 Å². The molecule has 1 aromatic carbocycles. The second-order valence-corrected chi connectivity index (χ2v) is 5.08. The van der Waals surface area contributed by atoms with Crippen molar-refractivity contribution in [3.8, 4) is 11.3 Å². The number of anilines is 1. The fraction of sp³-hybridized carbons (Fsp3) is 0.133. The zero-order valence-electron chi connectivity index (χ0n) is 10.7. The van der Waals surface area contributed by atoms with E-state index in [0.717, 1.165) is 11.3 Å². The van der Waals surface area contributed by atoms with Gasteiger partial charge in [-0.3, -0.25) is 10.1 Å². The van der Waals surface area contributed by atoms with Gasteiger partial charge in [-0.1, -0.05) is 37.3 Å². The predicted molar refractivity (Wildman–Crippen MR) is 83.5 cm³/mol. The van der Waals surface area contributed by atoms with E-state index in [0.29, 0.717) is 5.13 Å². The fourth-order valence-corrected chi connectivity index (χ4v) is 2.39. The summed E-state index contributed by atoms with van der Waals surface area (Å²) in [5.74, 6) is -0.190. The van der Waals surface area contributed by atoms with Crippen molar-refractivity contribution in [3.05, 3.63) is 53.6 Å². The van der Waals surface area contributed by atoms with Crippen LogP contribution in [-0.2, 0) is 0 Å². The summed E-state index contributed by atoms with van der Waals surface area (Å²) in [5, 5.41) is 5.11. The van der Waals surface area contributed by atoms with E-state index < -0.39 is 0 Å². The van der Waals surface area contributed by atoms with Crippen LogP contribution in [-0.4, -0.2) is 15.9 Å². The second-order valence-electron chi connectivity index (χ2n) is 4.22. The first-order valence-electron chi connectivity index (χ1n) is 5.95. The minimum Gasteiger partial charge on any atom is -0.438 e. The molecule has 0 atom stereocenters. The van der Waals surface area contributed by atoms with Gasteiger partial charge >= 0.3 is 0 Å². The van der Waals surface area contributed by atoms with Gasteiger partial charge in [0.1, 0.15) is 0 Å². The maximum atomic E-state index is 11.8. The monoisotopic (exact) mass is 301 g/mol. The lowest BCUT2D eigenvalue weighted by Crippen LogP contribution is -2.10. The van der Waals surface area contributed by atoms with Crippen molar-refractivity contribution >= 4 is 22.4 Å². The number of rotatable bonds is 3. The van der Waals surface area contributed by atoms with Crippen molar-refractivity contribution in [2.24, 2.45) is 0 Å². The molecule has 21 heavy (non-hydrogen) atoms. The molecule has 0 unspecified atom stereocenters. The Labute approximate surface area is 126 Å². The number of aromatic nitrogens is 2. The minimum absolute atomic E-state index is 0. The Morgan fingerprint density at radius 3 is 2.71 bits per heavy atom. The van der Waals surface area contributed by atoms with Gasteiger partial charge in [-0.05, 0) is 6.92 Å². The highest BCUT2D eigenvalue weighted by Gasteiger charge is 2.12. The summed E-state index contributed by atoms with van der Waals surface area (Å²) in [6, 6.07) is 8.07. The molecule has 6 heteroatoms. The Morgan fingerprint density at radius 1 is 1.29 bits per heavy atom. The lowest BCUT2D eigenvalue weighted by atomic mass is 10.1. The number of benzene rings is 1. The largest absolute Gasteiger partial charge is 0.438 e. The summed E-state index contributed by atoms with van der Waals surface area (Å²) in [6.45, 7) is 2.04. The quantitative estimate of drug-likeness (QED) is 0.794. The summed E-state index contributed by atoms with van der Waals surface area (Å²) in [5.41, 5.74) is 3.05. The van der Waals surface area contributed by atoms with Crippen LogP contribution in [0.4, 0.5) is 5.13 Å². The number of aryl methyl sites for hydroxylation is 1. The molecule has 2 heterocycles. The highest BCUT2D eigenvalue weighted by atomic mass is 32.1. The van der Waals surface area contributed by atoms with Gasteiger partial charge in [0.2, 0.25) is 5.76 Å². The number of carbonyl (C=O) groups is 1. The molecule has 0 aliphatic carbocycles. The molecule has 1 amide bonds. The predicted octanol–water partition coefficient (Wildman–Crippen LogP) is 3.99. The maximum absolute atomic E-state index is 11.8. The summed E-state index contributed by atoms with van der Waals surface area (Å²) in [7, 11) is 0. The Kier molecular flexibility index (Phi) is 4.49. The van der Waals surface area contributed by atoms with Gasteiger partial charge in [0.15, 0.2) is 11.5 Å². The van der Waals surface area contributed by atoms with Crippen LogP contribution < -0.4 is 5.32 Å². The van der Waals surface area contributed by atoms with Crippen molar-refractivity contribution in [3.63, 3.8) is 0 Å². The smallest absolute Gasteiger partial charge is 0.294 e. The molecular weight excluding hydrogens is 286 g/mol. The molecule has 3 rings (SSSR count). The van der Waals surface area contributed by atoms with Crippen LogP contribution in [0.15, 0.2) is 46.7 Å². The highest BCUT2D eigenvalue weighted by molar-refractivity contribution is 7.14. The fourth-order valence-electron chi connectivity index (χ4n) is 1.67. The third-order valence-corrected chi connectivity index (χ3v) is 3.49. The SMILES string of the molecule is C.Cc1ccc(-c2csc(NC(=O)c3cnco3)n2)cc1. The molecule has 0 bridgehead atoms. The lowest BCUT2D eigenvalue weighted by Gasteiger charge is -1.98. The molecule has 0 aliphatic rings. The average molecular weight is 301 g/mol. The maximum Gasteiger partial charge on any atom is 0.294 e. The van der Waals surface area contributed by atoms with Gasteiger partial charge in [-0.25, -0.2) is 9.97 Å². The molecule has 0 saturated heterocycles. The third-order valence-electron chi connectivity index (χ3n) is 2.73. The molecule has 3 aromatic rings. The Balaban J connectivity index is 0.00000161. The molecule has 2 aromatic heterocycles. The van der Waals surface area contributed by atoms with Crippen LogP contribution >= 0.6 is 11.3 Å². The van der Waals surface area contributed by atoms with E-state index in [-0.39, 0.29) is 19.1 Å². The molecule has 108 valence electrons. The van der Waals surface area contributed by atoms with Crippen molar-refractivity contribution < 1.29 is 9.21 Å². The second kappa shape index (κ2) is 6.32. The van der Waals surface area contributed by atoms with Gasteiger partial charge < -0.3 is 4.42 Å². The number of thiazole rings is 1. The summed E-state index contributed by atoms with van der Waals surface area (Å²) >= 11 is 1.37. The number of amides is 1. The van der Waals surface area contributed by atoms with Crippen molar-refractivity contribution in [2.45, 2.75) is 14.4 Å². The van der Waals surface area contributed by atoms with Crippen molar-refractivity contribution in [2.75, 3.05) is 5.32 Å². The van der Waals surface area contributed by atoms with E-state index in [1.807, 2.05) is 36.6 Å². The molecule has 1 N–H and O–H groups in total. The molecule has 0 aliphatic heterocycles. The van der Waals surface area contributed by atoms with E-state index in [1.165, 1.54) is 29.5 Å². The summed E-state index contributed by atoms with van der Waals surface area (Å²) in [6.07, 6.45) is 2.58. The zero-order chi connectivity index (χ0) is 13.9. The number of nitrogens with one attached hydrogen (secondary N) is 1. The molecular formula is C15H15N3O2S. The van der Waals surface area contributed by atoms with E-state index in [9.17, 15) is 4.79 Å². The van der Waals surface area contributed by atoms with Crippen molar-refractivity contribution in [1.29, 1.82) is 0 Å². The number of hydrogen-bond donors (Lipinski definition) is 1. The number of hydrogen-bond acceptors (Lipinski definition) is 5. The highest BCUT2D eigenvalue weighted by Crippen LogP contribution is 2.25. The number of nitrogens with zero attached hydrogens (tertiary/aromatic N) is 2. The Bertz CT molecular complexity index is 718. The summed E-state index contributed by atoms with van der Waals surface area (Å²) < 4.78 is 4.93. The normalized spacial score (nSPS) is 9.95. The average Bonchev–Trinajstić information content (AvgIpc) is 3.10. The van der Waals surface area contributed by atoms with Crippen LogP contribution in [0.3, 0.4) is 0 Å². The van der Waals surface area contributed by atoms with Crippen LogP contribution in [0.1, 0.15) is 23.5 Å². The van der Waals surface area contributed by atoms with E-state index in [2.05, 4.69) is 15.3 Å². The van der Waals surface area contributed by atoms with E-state index >= 15 is 0 Å². The first-order valence-corrected chi connectivity index (χ1v) is 6.83. The minimum atomic E-state index is -0.354. The van der Waals surface area contributed by atoms with Crippen LogP contribution in [0.25, 0.3) is 11.3 Å². The third kappa shape index (κ3) is 3.35. The van der Waals surface area contributed by atoms with Crippen LogP contribution in [0, 0.1) is 6.92 Å². The van der Waals surface area contributed by atoms with Gasteiger partial charge in [0.25, 0.3) is 5.91 Å². The van der Waals surface area contributed by atoms with E-state index in [1.54, 1.807) is 0 Å². The molecule has 0 radical (unpaired) electrons. The van der Waals surface area contributed by atoms with Gasteiger partial charge in [0, 0.05) is 10.9 Å². The first-order chi connectivity index (χ1) is 9.72. The van der Waals surface area contributed by atoms with Crippen LogP contribution in [0.2, 0.25) is 0 Å². The number of carbonyl (C=O) groups excluding carboxylic acids is 1. The summed E-state index contributed by atoms with van der Waals surface area (Å²) in [4.78, 5) is 19.9. The topological polar surface area (TPSA) is 68.0 Å². The molecule has 0 spiro atoms. The number of oxazole rings is 1. The lowest BCUT2D eigenvalue weighted by molar-refractivity contribution is 0.0996. The molecule has 5 nitrogen and oxygen atoms in total. The standard InChI is InChI=1S/C14H11N3O2S.CH4/c1-9-2-4-10(5-3-9)11-7-20-14(16-11)17-13(18)12-6-15-8-19-12;/h2-8H,1H3,(H,16,17,18);1H4. The Morgan fingerprint density at radius 2 is 2.05 bits per heavy atom. The first kappa shape index (κ1) is 14.9. The molecule has 0 saturated carbocycles. The van der Waals surface area contributed by atoms with Gasteiger partial charge in [-0.15, -0.1) is 11.3 Å². The zero-order valence-corrected chi connectivity index (χ0v) is 11.5. The van der Waals surface area contributed by atoms with Crippen molar-refractivity contribution in [1.82, 2.24) is 9.97 Å². The van der Waals surface area contributed by atoms with E-state index in [4.69, 9.17) is 4.42 Å². The van der Waals surface area contributed by atoms with Gasteiger partial charge in [-0.2, -0.15) is 0 Å². The Hall–Kier alpha value is -2.47. The van der Waals surface area contributed by atoms with Gasteiger partial charge in [0.05, 0.1) is 11.9 Å².